The predicted octanol–water partition coefficient (Wildman–Crippen LogP) is 1.15. The molecule has 3 N–H and O–H groups in total. The number of aliphatic carboxylic acids is 1. The lowest BCUT2D eigenvalue weighted by molar-refractivity contribution is -0.159. The highest BCUT2D eigenvalue weighted by Crippen LogP contribution is 2.19. The number of hydrogen-bond donors (Lipinski definition) is 3. The Morgan fingerprint density at radius 1 is 1.21 bits per heavy atom. The van der Waals surface area contributed by atoms with Crippen LogP contribution in [0, 0.1) is 0 Å². The molecular weight excluding hydrogens is 184 g/mol. The van der Waals surface area contributed by atoms with E-state index < -0.39 is 11.6 Å². The number of rotatable bonds is 8. The molecule has 1 atom stereocenters. The maximum absolute atomic E-state index is 10.7. The van der Waals surface area contributed by atoms with Gasteiger partial charge in [-0.2, -0.15) is 0 Å². The van der Waals surface area contributed by atoms with E-state index in [1.807, 2.05) is 0 Å². The van der Waals surface area contributed by atoms with Crippen molar-refractivity contribution in [1.29, 1.82) is 0 Å². The highest BCUT2D eigenvalue weighted by molar-refractivity contribution is 5.76. The third-order valence-electron chi connectivity index (χ3n) is 2.48. The topological polar surface area (TPSA) is 77.8 Å². The maximum Gasteiger partial charge on any atom is 0.335 e. The normalized spacial score (nSPS) is 15.1. The second kappa shape index (κ2) is 6.79. The highest BCUT2D eigenvalue weighted by Gasteiger charge is 2.32. The van der Waals surface area contributed by atoms with Crippen LogP contribution < -0.4 is 0 Å². The quantitative estimate of drug-likeness (QED) is 0.518. The number of aliphatic hydroxyl groups excluding tert-OH is 1. The molecule has 0 aromatic carbocycles. The van der Waals surface area contributed by atoms with Gasteiger partial charge in [0, 0.05) is 6.61 Å². The van der Waals surface area contributed by atoms with Crippen molar-refractivity contribution >= 4 is 5.97 Å². The average molecular weight is 204 g/mol. The zero-order chi connectivity index (χ0) is 11.0. The molecule has 0 aliphatic carbocycles. The summed E-state index contributed by atoms with van der Waals surface area (Å²) in [6.45, 7) is 1.85. The Labute approximate surface area is 84.6 Å². The van der Waals surface area contributed by atoms with Gasteiger partial charge in [-0.25, -0.2) is 4.79 Å². The largest absolute Gasteiger partial charge is 0.479 e. The number of carboxylic acid groups (broad SMARTS) is 1. The Morgan fingerprint density at radius 2 is 1.79 bits per heavy atom. The molecule has 0 saturated heterocycles. The minimum atomic E-state index is -1.56. The molecule has 0 bridgehead atoms. The summed E-state index contributed by atoms with van der Waals surface area (Å²) >= 11 is 0. The maximum atomic E-state index is 10.7. The number of hydrogen-bond acceptors (Lipinski definition) is 3. The molecule has 0 aliphatic rings. The van der Waals surface area contributed by atoms with E-state index in [-0.39, 0.29) is 13.0 Å². The van der Waals surface area contributed by atoms with Crippen LogP contribution in [0.3, 0.4) is 0 Å². The number of aliphatic hydroxyl groups is 2. The van der Waals surface area contributed by atoms with Crippen LogP contribution in [0.5, 0.6) is 0 Å². The van der Waals surface area contributed by atoms with Gasteiger partial charge >= 0.3 is 5.97 Å². The van der Waals surface area contributed by atoms with Crippen LogP contribution >= 0.6 is 0 Å². The molecule has 0 amide bonds. The van der Waals surface area contributed by atoms with Crippen molar-refractivity contribution in [2.75, 3.05) is 6.61 Å². The number of carboxylic acids is 1. The minimum absolute atomic E-state index is 0.178. The lowest BCUT2D eigenvalue weighted by Gasteiger charge is -2.21. The van der Waals surface area contributed by atoms with Crippen molar-refractivity contribution in [2.45, 2.75) is 51.0 Å². The van der Waals surface area contributed by atoms with Gasteiger partial charge in [-0.05, 0) is 25.7 Å². The van der Waals surface area contributed by atoms with Crippen LogP contribution in [0.4, 0.5) is 0 Å². The van der Waals surface area contributed by atoms with Crippen molar-refractivity contribution in [2.24, 2.45) is 0 Å². The molecule has 4 heteroatoms. The zero-order valence-electron chi connectivity index (χ0n) is 8.70. The first-order valence-electron chi connectivity index (χ1n) is 5.13. The van der Waals surface area contributed by atoms with Crippen molar-refractivity contribution in [3.8, 4) is 0 Å². The second-order valence-corrected chi connectivity index (χ2v) is 3.58. The van der Waals surface area contributed by atoms with Crippen molar-refractivity contribution in [3.05, 3.63) is 0 Å². The van der Waals surface area contributed by atoms with Crippen molar-refractivity contribution in [1.82, 2.24) is 0 Å². The second-order valence-electron chi connectivity index (χ2n) is 3.58. The fraction of sp³-hybridized carbons (Fsp3) is 0.900. The molecule has 0 rings (SSSR count). The molecule has 0 aromatic rings. The van der Waals surface area contributed by atoms with E-state index in [1.54, 1.807) is 6.92 Å². The smallest absolute Gasteiger partial charge is 0.335 e. The van der Waals surface area contributed by atoms with Gasteiger partial charge in [0.05, 0.1) is 0 Å². The highest BCUT2D eigenvalue weighted by atomic mass is 16.4. The van der Waals surface area contributed by atoms with E-state index >= 15 is 0 Å². The van der Waals surface area contributed by atoms with E-state index in [0.29, 0.717) is 12.8 Å². The van der Waals surface area contributed by atoms with E-state index in [4.69, 9.17) is 10.2 Å². The molecule has 0 saturated carbocycles. The Bertz CT molecular complexity index is 170. The van der Waals surface area contributed by atoms with Gasteiger partial charge in [0.25, 0.3) is 0 Å². The van der Waals surface area contributed by atoms with Gasteiger partial charge in [0.1, 0.15) is 0 Å². The van der Waals surface area contributed by atoms with Gasteiger partial charge in [-0.1, -0.05) is 19.8 Å². The summed E-state index contributed by atoms with van der Waals surface area (Å²) in [5.74, 6) is -1.14. The average Bonchev–Trinajstić information content (AvgIpc) is 2.17. The van der Waals surface area contributed by atoms with Crippen LogP contribution in [0.2, 0.25) is 0 Å². The number of unbranched alkanes of at least 4 members (excludes halogenated alkanes) is 3. The van der Waals surface area contributed by atoms with E-state index in [1.165, 1.54) is 0 Å². The van der Waals surface area contributed by atoms with E-state index in [9.17, 15) is 9.90 Å². The standard InChI is InChI=1S/C10H20O4/c1-2-10(14,9(12)13)7-5-3-4-6-8-11/h11,14H,2-8H2,1H3,(H,12,13). The molecule has 84 valence electrons. The summed E-state index contributed by atoms with van der Waals surface area (Å²) in [6.07, 6.45) is 3.72. The van der Waals surface area contributed by atoms with Gasteiger partial charge in [-0.3, -0.25) is 0 Å². The first kappa shape index (κ1) is 13.4. The molecular formula is C10H20O4. The van der Waals surface area contributed by atoms with Crippen LogP contribution in [0.1, 0.15) is 45.4 Å². The summed E-state index contributed by atoms with van der Waals surface area (Å²) in [5, 5.41) is 26.9. The minimum Gasteiger partial charge on any atom is -0.479 e. The summed E-state index contributed by atoms with van der Waals surface area (Å²) in [6, 6.07) is 0. The summed E-state index contributed by atoms with van der Waals surface area (Å²) in [7, 11) is 0. The molecule has 0 heterocycles. The first-order chi connectivity index (χ1) is 6.56. The van der Waals surface area contributed by atoms with Gasteiger partial charge in [0.15, 0.2) is 5.60 Å². The Kier molecular flexibility index (Phi) is 6.49. The molecule has 0 fully saturated rings. The Morgan fingerprint density at radius 3 is 2.21 bits per heavy atom. The molecule has 0 aliphatic heterocycles. The fourth-order valence-electron chi connectivity index (χ4n) is 1.32. The molecule has 1 unspecified atom stereocenters. The first-order valence-corrected chi connectivity index (χ1v) is 5.13. The zero-order valence-corrected chi connectivity index (χ0v) is 8.70. The van der Waals surface area contributed by atoms with Crippen LogP contribution in [0.25, 0.3) is 0 Å². The fourth-order valence-corrected chi connectivity index (χ4v) is 1.32. The molecule has 4 nitrogen and oxygen atoms in total. The summed E-state index contributed by atoms with van der Waals surface area (Å²) in [5.41, 5.74) is -1.56. The van der Waals surface area contributed by atoms with Gasteiger partial charge in [-0.15, -0.1) is 0 Å². The van der Waals surface area contributed by atoms with E-state index in [0.717, 1.165) is 19.3 Å². The van der Waals surface area contributed by atoms with Crippen molar-refractivity contribution < 1.29 is 20.1 Å². The predicted molar refractivity (Wildman–Crippen MR) is 53.0 cm³/mol. The molecule has 0 radical (unpaired) electrons. The molecule has 14 heavy (non-hydrogen) atoms. The SMILES string of the molecule is CCC(O)(CCCCCCO)C(=O)O. The van der Waals surface area contributed by atoms with Gasteiger partial charge in [0.2, 0.25) is 0 Å². The van der Waals surface area contributed by atoms with Crippen LogP contribution in [0.15, 0.2) is 0 Å². The molecule has 0 spiro atoms. The summed E-state index contributed by atoms with van der Waals surface area (Å²) < 4.78 is 0. The van der Waals surface area contributed by atoms with E-state index in [2.05, 4.69) is 0 Å². The lowest BCUT2D eigenvalue weighted by Crippen LogP contribution is -2.37. The molecule has 0 aromatic heterocycles. The lowest BCUT2D eigenvalue weighted by atomic mass is 9.93. The Balaban J connectivity index is 3.68. The van der Waals surface area contributed by atoms with Crippen LogP contribution in [-0.4, -0.2) is 33.5 Å². The van der Waals surface area contributed by atoms with Gasteiger partial charge < -0.3 is 15.3 Å². The Hall–Kier alpha value is -0.610. The van der Waals surface area contributed by atoms with Crippen molar-refractivity contribution in [3.63, 3.8) is 0 Å². The monoisotopic (exact) mass is 204 g/mol. The third kappa shape index (κ3) is 4.58. The number of carbonyl (C=O) groups is 1. The van der Waals surface area contributed by atoms with Crippen LogP contribution in [-0.2, 0) is 4.79 Å². The summed E-state index contributed by atoms with van der Waals surface area (Å²) in [4.78, 5) is 10.7. The third-order valence-corrected chi connectivity index (χ3v) is 2.48.